The number of carbonyl (C=O) groups excluding carboxylic acids is 1. The van der Waals surface area contributed by atoms with E-state index < -0.39 is 0 Å². The van der Waals surface area contributed by atoms with Gasteiger partial charge in [0.1, 0.15) is 0 Å². The van der Waals surface area contributed by atoms with Gasteiger partial charge in [-0.3, -0.25) is 4.79 Å². The zero-order valence-electron chi connectivity index (χ0n) is 9.61. The van der Waals surface area contributed by atoms with Crippen LogP contribution in [0.2, 0.25) is 0 Å². The van der Waals surface area contributed by atoms with Gasteiger partial charge in [-0.25, -0.2) is 0 Å². The van der Waals surface area contributed by atoms with E-state index in [0.29, 0.717) is 17.7 Å². The van der Waals surface area contributed by atoms with Crippen LogP contribution in [0.1, 0.15) is 43.2 Å². The predicted octanol–water partition coefficient (Wildman–Crippen LogP) is 2.27. The highest BCUT2D eigenvalue weighted by atomic mass is 16.4. The predicted molar refractivity (Wildman–Crippen MR) is 62.1 cm³/mol. The number of nitrogen functional groups attached to an aromatic ring is 1. The number of nitrogens with two attached hydrogens (primary N) is 1. The lowest BCUT2D eigenvalue weighted by Gasteiger charge is -2.34. The van der Waals surface area contributed by atoms with E-state index in [1.54, 1.807) is 12.1 Å². The van der Waals surface area contributed by atoms with Crippen LogP contribution >= 0.6 is 0 Å². The molecule has 1 saturated heterocycles. The summed E-state index contributed by atoms with van der Waals surface area (Å²) in [6.07, 6.45) is 4.39. The highest BCUT2D eigenvalue weighted by Crippen LogP contribution is 2.22. The highest BCUT2D eigenvalue weighted by Gasteiger charge is 2.27. The third-order valence-electron chi connectivity index (χ3n) is 3.20. The average molecular weight is 222 g/mol. The molecule has 4 nitrogen and oxygen atoms in total. The lowest BCUT2D eigenvalue weighted by atomic mass is 10.00. The maximum absolute atomic E-state index is 12.2. The van der Waals surface area contributed by atoms with Crippen molar-refractivity contribution < 1.29 is 9.21 Å². The fourth-order valence-electron chi connectivity index (χ4n) is 2.30. The molecule has 4 heteroatoms. The smallest absolute Gasteiger partial charge is 0.289 e. The molecular weight excluding hydrogens is 204 g/mol. The molecule has 0 aromatic carbocycles. The fourth-order valence-corrected chi connectivity index (χ4v) is 2.30. The third-order valence-corrected chi connectivity index (χ3v) is 3.20. The summed E-state index contributed by atoms with van der Waals surface area (Å²) in [5.74, 6) is 0.634. The number of furan rings is 1. The normalized spacial score (nSPS) is 21.1. The maximum Gasteiger partial charge on any atom is 0.289 e. The summed E-state index contributed by atoms with van der Waals surface area (Å²) in [6, 6.07) is 3.63. The number of piperidine rings is 1. The standard InChI is InChI=1S/C12H18N2O2/c1-2-9-5-3-4-8-14(9)12(15)10-6-7-11(13)16-10/h6-7,9H,2-5,8,13H2,1H3. The molecule has 0 spiro atoms. The first-order chi connectivity index (χ1) is 7.72. The number of hydrogen-bond acceptors (Lipinski definition) is 3. The zero-order valence-corrected chi connectivity index (χ0v) is 9.61. The van der Waals surface area contributed by atoms with Crippen LogP contribution in [0.4, 0.5) is 5.88 Å². The largest absolute Gasteiger partial charge is 0.436 e. The Morgan fingerprint density at radius 3 is 3.00 bits per heavy atom. The molecule has 1 aliphatic rings. The van der Waals surface area contributed by atoms with Crippen molar-refractivity contribution in [3.8, 4) is 0 Å². The molecule has 1 atom stereocenters. The van der Waals surface area contributed by atoms with E-state index in [2.05, 4.69) is 6.92 Å². The Labute approximate surface area is 95.4 Å². The van der Waals surface area contributed by atoms with Gasteiger partial charge in [0.15, 0.2) is 11.6 Å². The minimum atomic E-state index is -0.0248. The Kier molecular flexibility index (Phi) is 3.17. The summed E-state index contributed by atoms with van der Waals surface area (Å²) < 4.78 is 5.18. The Hall–Kier alpha value is -1.45. The van der Waals surface area contributed by atoms with Crippen molar-refractivity contribution in [1.82, 2.24) is 4.90 Å². The Morgan fingerprint density at radius 1 is 1.56 bits per heavy atom. The first-order valence-corrected chi connectivity index (χ1v) is 5.88. The van der Waals surface area contributed by atoms with Gasteiger partial charge in [-0.15, -0.1) is 0 Å². The number of amides is 1. The molecule has 16 heavy (non-hydrogen) atoms. The van der Waals surface area contributed by atoms with E-state index >= 15 is 0 Å². The van der Waals surface area contributed by atoms with Gasteiger partial charge >= 0.3 is 0 Å². The molecule has 1 unspecified atom stereocenters. The Morgan fingerprint density at radius 2 is 2.38 bits per heavy atom. The van der Waals surface area contributed by atoms with E-state index in [1.807, 2.05) is 4.90 Å². The summed E-state index contributed by atoms with van der Waals surface area (Å²) in [5, 5.41) is 0. The molecule has 0 radical (unpaired) electrons. The second kappa shape index (κ2) is 4.60. The third kappa shape index (κ3) is 2.05. The van der Waals surface area contributed by atoms with Gasteiger partial charge in [0.25, 0.3) is 5.91 Å². The number of carbonyl (C=O) groups is 1. The molecule has 1 fully saturated rings. The van der Waals surface area contributed by atoms with Crippen molar-refractivity contribution in [3.63, 3.8) is 0 Å². The summed E-state index contributed by atoms with van der Waals surface area (Å²) in [4.78, 5) is 14.1. The van der Waals surface area contributed by atoms with Gasteiger partial charge in [-0.1, -0.05) is 6.92 Å². The van der Waals surface area contributed by atoms with Crippen molar-refractivity contribution >= 4 is 11.8 Å². The average Bonchev–Trinajstić information content (AvgIpc) is 2.75. The summed E-state index contributed by atoms with van der Waals surface area (Å²) in [7, 11) is 0. The van der Waals surface area contributed by atoms with Crippen molar-refractivity contribution in [2.45, 2.75) is 38.6 Å². The molecule has 0 bridgehead atoms. The van der Waals surface area contributed by atoms with Crippen LogP contribution in [-0.4, -0.2) is 23.4 Å². The number of nitrogens with zero attached hydrogens (tertiary/aromatic N) is 1. The lowest BCUT2D eigenvalue weighted by molar-refractivity contribution is 0.0577. The molecule has 1 amide bonds. The topological polar surface area (TPSA) is 59.5 Å². The van der Waals surface area contributed by atoms with Gasteiger partial charge in [0, 0.05) is 18.7 Å². The van der Waals surface area contributed by atoms with Gasteiger partial charge < -0.3 is 15.1 Å². The van der Waals surface area contributed by atoms with Crippen LogP contribution in [0.15, 0.2) is 16.5 Å². The highest BCUT2D eigenvalue weighted by molar-refractivity contribution is 5.92. The van der Waals surface area contributed by atoms with Crippen LogP contribution in [0.5, 0.6) is 0 Å². The van der Waals surface area contributed by atoms with Crippen molar-refractivity contribution in [1.29, 1.82) is 0 Å². The summed E-state index contributed by atoms with van der Waals surface area (Å²) in [6.45, 7) is 2.95. The first-order valence-electron chi connectivity index (χ1n) is 5.88. The van der Waals surface area contributed by atoms with E-state index in [9.17, 15) is 4.79 Å². The van der Waals surface area contributed by atoms with Crippen LogP contribution < -0.4 is 5.73 Å². The van der Waals surface area contributed by atoms with Crippen molar-refractivity contribution in [2.24, 2.45) is 0 Å². The minimum absolute atomic E-state index is 0.0248. The van der Waals surface area contributed by atoms with Gasteiger partial charge in [0.05, 0.1) is 0 Å². The molecular formula is C12H18N2O2. The maximum atomic E-state index is 12.2. The number of rotatable bonds is 2. The van der Waals surface area contributed by atoms with Gasteiger partial charge in [-0.05, 0) is 31.7 Å². The quantitative estimate of drug-likeness (QED) is 0.835. The van der Waals surface area contributed by atoms with E-state index in [0.717, 1.165) is 25.8 Å². The molecule has 1 aromatic rings. The number of likely N-dealkylation sites (tertiary alicyclic amines) is 1. The van der Waals surface area contributed by atoms with Crippen LogP contribution in [0.25, 0.3) is 0 Å². The molecule has 0 aliphatic carbocycles. The molecule has 2 N–H and O–H groups in total. The fraction of sp³-hybridized carbons (Fsp3) is 0.583. The van der Waals surface area contributed by atoms with Gasteiger partial charge in [0.2, 0.25) is 0 Å². The molecule has 1 aromatic heterocycles. The molecule has 1 aliphatic heterocycles. The first kappa shape index (κ1) is 11.0. The van der Waals surface area contributed by atoms with Crippen LogP contribution in [0.3, 0.4) is 0 Å². The van der Waals surface area contributed by atoms with Gasteiger partial charge in [-0.2, -0.15) is 0 Å². The van der Waals surface area contributed by atoms with Crippen LogP contribution in [0, 0.1) is 0 Å². The second-order valence-corrected chi connectivity index (χ2v) is 4.26. The van der Waals surface area contributed by atoms with Crippen LogP contribution in [-0.2, 0) is 0 Å². The monoisotopic (exact) mass is 222 g/mol. The van der Waals surface area contributed by atoms with E-state index in [-0.39, 0.29) is 5.91 Å². The number of hydrogen-bond donors (Lipinski definition) is 1. The Bertz CT molecular complexity index is 373. The van der Waals surface area contributed by atoms with E-state index in [1.165, 1.54) is 6.42 Å². The van der Waals surface area contributed by atoms with E-state index in [4.69, 9.17) is 10.2 Å². The Balaban J connectivity index is 2.13. The lowest BCUT2D eigenvalue weighted by Crippen LogP contribution is -2.43. The molecule has 2 rings (SSSR count). The summed E-state index contributed by atoms with van der Waals surface area (Å²) in [5.41, 5.74) is 5.48. The molecule has 2 heterocycles. The second-order valence-electron chi connectivity index (χ2n) is 4.26. The SMILES string of the molecule is CCC1CCCCN1C(=O)c1ccc(N)o1. The number of anilines is 1. The molecule has 88 valence electrons. The summed E-state index contributed by atoms with van der Waals surface area (Å²) >= 11 is 0. The minimum Gasteiger partial charge on any atom is -0.436 e. The zero-order chi connectivity index (χ0) is 11.5. The molecule has 0 saturated carbocycles. The van der Waals surface area contributed by atoms with Crippen molar-refractivity contribution in [3.05, 3.63) is 17.9 Å². The van der Waals surface area contributed by atoms with Crippen molar-refractivity contribution in [2.75, 3.05) is 12.3 Å².